The molecule has 0 saturated carbocycles. The van der Waals surface area contributed by atoms with Crippen molar-refractivity contribution in [1.82, 2.24) is 4.90 Å². The molecule has 2 aromatic rings. The van der Waals surface area contributed by atoms with Gasteiger partial charge in [0.05, 0.1) is 23.8 Å². The summed E-state index contributed by atoms with van der Waals surface area (Å²) in [7, 11) is 0. The Morgan fingerprint density at radius 3 is 2.59 bits per heavy atom. The van der Waals surface area contributed by atoms with E-state index in [1.807, 2.05) is 44.2 Å². The zero-order chi connectivity index (χ0) is 20.8. The van der Waals surface area contributed by atoms with Crippen LogP contribution in [0.5, 0.6) is 11.5 Å². The lowest BCUT2D eigenvalue weighted by atomic mass is 10.2. The molecule has 2 aromatic carbocycles. The van der Waals surface area contributed by atoms with Crippen LogP contribution in [-0.4, -0.2) is 42.6 Å². The molecule has 0 aromatic heterocycles. The van der Waals surface area contributed by atoms with E-state index in [9.17, 15) is 9.59 Å². The molecule has 0 bridgehead atoms. The van der Waals surface area contributed by atoms with Gasteiger partial charge in [-0.2, -0.15) is 0 Å². The number of fused-ring (bicyclic) bond motifs is 1. The number of hydrogen-bond acceptors (Lipinski definition) is 5. The zero-order valence-corrected chi connectivity index (χ0v) is 17.3. The second kappa shape index (κ2) is 9.65. The van der Waals surface area contributed by atoms with E-state index in [2.05, 4.69) is 0 Å². The maximum absolute atomic E-state index is 12.6. The smallest absolute Gasteiger partial charge is 0.338 e. The minimum absolute atomic E-state index is 0.0334. The third-order valence-electron chi connectivity index (χ3n) is 4.50. The molecule has 1 aliphatic rings. The fraction of sp³-hybridized carbons (Fsp3) is 0.364. The van der Waals surface area contributed by atoms with Crippen LogP contribution in [0.2, 0.25) is 5.02 Å². The van der Waals surface area contributed by atoms with E-state index in [1.165, 1.54) is 12.1 Å². The first-order valence-electron chi connectivity index (χ1n) is 9.55. The number of rotatable bonds is 6. The number of ether oxygens (including phenoxy) is 3. The Balaban J connectivity index is 1.65. The molecule has 0 spiro atoms. The highest BCUT2D eigenvalue weighted by atomic mass is 35.5. The van der Waals surface area contributed by atoms with Crippen LogP contribution in [0.1, 0.15) is 36.2 Å². The number of esters is 1. The summed E-state index contributed by atoms with van der Waals surface area (Å²) in [5.41, 5.74) is 1.22. The predicted octanol–water partition coefficient (Wildman–Crippen LogP) is 4.10. The minimum atomic E-state index is -0.640. The van der Waals surface area contributed by atoms with Crippen LogP contribution in [0.15, 0.2) is 42.5 Å². The number of amides is 1. The maximum atomic E-state index is 12.6. The van der Waals surface area contributed by atoms with Gasteiger partial charge in [-0.05, 0) is 31.5 Å². The zero-order valence-electron chi connectivity index (χ0n) is 16.5. The first-order chi connectivity index (χ1) is 14.0. The normalized spacial score (nSPS) is 13.0. The van der Waals surface area contributed by atoms with E-state index in [-0.39, 0.29) is 29.1 Å². The van der Waals surface area contributed by atoms with E-state index < -0.39 is 5.97 Å². The Morgan fingerprint density at radius 1 is 1.14 bits per heavy atom. The van der Waals surface area contributed by atoms with Crippen molar-refractivity contribution in [1.29, 1.82) is 0 Å². The lowest BCUT2D eigenvalue weighted by Crippen LogP contribution is -2.39. The molecule has 1 aliphatic heterocycles. The predicted molar refractivity (Wildman–Crippen MR) is 109 cm³/mol. The van der Waals surface area contributed by atoms with Crippen LogP contribution in [0.3, 0.4) is 0 Å². The molecule has 3 rings (SSSR count). The number of hydrogen-bond donors (Lipinski definition) is 0. The summed E-state index contributed by atoms with van der Waals surface area (Å²) >= 11 is 6.22. The summed E-state index contributed by atoms with van der Waals surface area (Å²) in [6, 6.07) is 12.6. The maximum Gasteiger partial charge on any atom is 0.338 e. The lowest BCUT2D eigenvalue weighted by molar-refractivity contribution is -0.136. The van der Waals surface area contributed by atoms with Gasteiger partial charge in [0.15, 0.2) is 18.1 Å². The van der Waals surface area contributed by atoms with Crippen LogP contribution in [0, 0.1) is 0 Å². The van der Waals surface area contributed by atoms with E-state index in [0.717, 1.165) is 12.0 Å². The van der Waals surface area contributed by atoms with Crippen molar-refractivity contribution >= 4 is 23.5 Å². The third kappa shape index (κ3) is 5.41. The molecule has 0 saturated heterocycles. The quantitative estimate of drug-likeness (QED) is 0.662. The number of benzene rings is 2. The Morgan fingerprint density at radius 2 is 1.86 bits per heavy atom. The van der Waals surface area contributed by atoms with E-state index in [0.29, 0.717) is 31.3 Å². The fourth-order valence-corrected chi connectivity index (χ4v) is 3.25. The number of carbonyl (C=O) groups excluding carboxylic acids is 2. The first-order valence-corrected chi connectivity index (χ1v) is 9.93. The second-order valence-electron chi connectivity index (χ2n) is 7.01. The van der Waals surface area contributed by atoms with Gasteiger partial charge in [0.1, 0.15) is 0 Å². The van der Waals surface area contributed by atoms with Crippen LogP contribution in [0.4, 0.5) is 0 Å². The van der Waals surface area contributed by atoms with Crippen molar-refractivity contribution in [2.45, 2.75) is 32.9 Å². The minimum Gasteiger partial charge on any atom is -0.489 e. The summed E-state index contributed by atoms with van der Waals surface area (Å²) in [5.74, 6) is -0.0799. The molecule has 0 unspecified atom stereocenters. The molecule has 7 heteroatoms. The topological polar surface area (TPSA) is 65.1 Å². The molecular formula is C22H24ClNO5. The highest BCUT2D eigenvalue weighted by Crippen LogP contribution is 2.38. The van der Waals surface area contributed by atoms with Crippen molar-refractivity contribution < 1.29 is 23.8 Å². The van der Waals surface area contributed by atoms with Gasteiger partial charge in [0.2, 0.25) is 0 Å². The Labute approximate surface area is 175 Å². The van der Waals surface area contributed by atoms with E-state index in [4.69, 9.17) is 25.8 Å². The summed E-state index contributed by atoms with van der Waals surface area (Å²) in [5, 5.41) is 0.274. The number of nitrogens with zero attached hydrogens (tertiary/aromatic N) is 1. The lowest BCUT2D eigenvalue weighted by Gasteiger charge is -2.26. The van der Waals surface area contributed by atoms with Crippen LogP contribution >= 0.6 is 11.6 Å². The molecule has 0 fully saturated rings. The van der Waals surface area contributed by atoms with Crippen molar-refractivity contribution in [3.63, 3.8) is 0 Å². The molecule has 0 N–H and O–H groups in total. The molecule has 0 radical (unpaired) electrons. The molecule has 154 valence electrons. The monoisotopic (exact) mass is 417 g/mol. The Kier molecular flexibility index (Phi) is 6.99. The Hall–Kier alpha value is -2.73. The van der Waals surface area contributed by atoms with Crippen molar-refractivity contribution in [2.75, 3.05) is 19.8 Å². The summed E-state index contributed by atoms with van der Waals surface area (Å²) in [6.07, 6.45) is 0.728. The second-order valence-corrected chi connectivity index (χ2v) is 7.42. The van der Waals surface area contributed by atoms with Crippen LogP contribution in [0.25, 0.3) is 0 Å². The van der Waals surface area contributed by atoms with Gasteiger partial charge in [-0.25, -0.2) is 4.79 Å². The van der Waals surface area contributed by atoms with Gasteiger partial charge in [-0.1, -0.05) is 41.9 Å². The standard InChI is InChI=1S/C22H24ClNO5/c1-15(2)24(13-16-7-4-3-5-8-16)20(25)14-29-22(26)17-11-18(23)21-19(12-17)27-9-6-10-28-21/h3-5,7-8,11-12,15H,6,9-10,13-14H2,1-2H3. The molecular weight excluding hydrogens is 394 g/mol. The first kappa shape index (κ1) is 21.0. The van der Waals surface area contributed by atoms with Crippen molar-refractivity contribution in [2.24, 2.45) is 0 Å². The molecule has 0 atom stereocenters. The van der Waals surface area contributed by atoms with E-state index in [1.54, 1.807) is 4.90 Å². The van der Waals surface area contributed by atoms with Gasteiger partial charge in [-0.3, -0.25) is 4.79 Å². The van der Waals surface area contributed by atoms with Gasteiger partial charge >= 0.3 is 5.97 Å². The molecule has 0 aliphatic carbocycles. The highest BCUT2D eigenvalue weighted by Gasteiger charge is 2.22. The number of halogens is 1. The fourth-order valence-electron chi connectivity index (χ4n) is 2.98. The van der Waals surface area contributed by atoms with Crippen LogP contribution < -0.4 is 9.47 Å². The average Bonchev–Trinajstić information content (AvgIpc) is 2.96. The molecule has 6 nitrogen and oxygen atoms in total. The highest BCUT2D eigenvalue weighted by molar-refractivity contribution is 6.32. The van der Waals surface area contributed by atoms with Crippen molar-refractivity contribution in [3.05, 3.63) is 58.6 Å². The summed E-state index contributed by atoms with van der Waals surface area (Å²) in [6.45, 7) is 4.92. The number of carbonyl (C=O) groups is 2. The molecule has 1 amide bonds. The van der Waals surface area contributed by atoms with Crippen LogP contribution in [-0.2, 0) is 16.1 Å². The van der Waals surface area contributed by atoms with Gasteiger partial charge < -0.3 is 19.1 Å². The Bertz CT molecular complexity index is 869. The summed E-state index contributed by atoms with van der Waals surface area (Å²) in [4.78, 5) is 26.8. The average molecular weight is 418 g/mol. The largest absolute Gasteiger partial charge is 0.489 e. The third-order valence-corrected chi connectivity index (χ3v) is 4.78. The SMILES string of the molecule is CC(C)N(Cc1ccccc1)C(=O)COC(=O)c1cc(Cl)c2c(c1)OCCCO2. The van der Waals surface area contributed by atoms with E-state index >= 15 is 0 Å². The van der Waals surface area contributed by atoms with Crippen molar-refractivity contribution in [3.8, 4) is 11.5 Å². The van der Waals surface area contributed by atoms with Gasteiger partial charge in [0, 0.05) is 19.0 Å². The molecule has 1 heterocycles. The van der Waals surface area contributed by atoms with Gasteiger partial charge in [0.25, 0.3) is 5.91 Å². The summed E-state index contributed by atoms with van der Waals surface area (Å²) < 4.78 is 16.4. The van der Waals surface area contributed by atoms with Gasteiger partial charge in [-0.15, -0.1) is 0 Å². The molecule has 29 heavy (non-hydrogen) atoms.